The van der Waals surface area contributed by atoms with Crippen LogP contribution in [0.1, 0.15) is 46.6 Å². The Bertz CT molecular complexity index is 1460. The fourth-order valence-electron chi connectivity index (χ4n) is 5.36. The number of amides is 4. The maximum Gasteiger partial charge on any atom is 0.294 e. The van der Waals surface area contributed by atoms with Crippen LogP contribution in [0.4, 0.5) is 11.5 Å². The predicted octanol–water partition coefficient (Wildman–Crippen LogP) is 4.04. The van der Waals surface area contributed by atoms with Gasteiger partial charge in [-0.2, -0.15) is 0 Å². The van der Waals surface area contributed by atoms with Crippen molar-refractivity contribution in [1.82, 2.24) is 14.8 Å². The molecule has 2 fully saturated rings. The Morgan fingerprint density at radius 3 is 2.34 bits per heavy atom. The molecule has 2 aromatic heterocycles. The number of hydrogen-bond acceptors (Lipinski definition) is 7. The summed E-state index contributed by atoms with van der Waals surface area (Å²) in [5.41, 5.74) is 0.724. The molecular formula is C29H32ClN5O6. The van der Waals surface area contributed by atoms with Crippen molar-refractivity contribution in [3.63, 3.8) is 0 Å². The highest BCUT2D eigenvalue weighted by molar-refractivity contribution is 6.30. The van der Waals surface area contributed by atoms with E-state index in [1.807, 2.05) is 0 Å². The third kappa shape index (κ3) is 6.20. The van der Waals surface area contributed by atoms with Gasteiger partial charge < -0.3 is 29.6 Å². The molecule has 0 spiro atoms. The van der Waals surface area contributed by atoms with E-state index < -0.39 is 5.91 Å². The van der Waals surface area contributed by atoms with E-state index in [9.17, 15) is 19.2 Å². The van der Waals surface area contributed by atoms with E-state index in [4.69, 9.17) is 20.8 Å². The van der Waals surface area contributed by atoms with Gasteiger partial charge in [-0.1, -0.05) is 17.7 Å². The van der Waals surface area contributed by atoms with E-state index in [0.29, 0.717) is 68.0 Å². The fourth-order valence-corrected chi connectivity index (χ4v) is 5.47. The number of nitrogens with zero attached hydrogens (tertiary/aromatic N) is 3. The molecule has 1 saturated heterocycles. The smallest absolute Gasteiger partial charge is 0.294 e. The van der Waals surface area contributed by atoms with Crippen molar-refractivity contribution < 1.29 is 28.3 Å². The molecule has 0 atom stereocenters. The Labute approximate surface area is 242 Å². The first-order chi connectivity index (χ1) is 19.7. The number of morpholine rings is 1. The Balaban J connectivity index is 1.47. The highest BCUT2D eigenvalue weighted by atomic mass is 35.5. The second kappa shape index (κ2) is 12.3. The van der Waals surface area contributed by atoms with Crippen molar-refractivity contribution >= 4 is 57.7 Å². The van der Waals surface area contributed by atoms with Crippen LogP contribution in [0.25, 0.3) is 11.0 Å². The number of rotatable bonds is 6. The summed E-state index contributed by atoms with van der Waals surface area (Å²) in [6.45, 7) is 1.72. The number of fused-ring (bicyclic) bond motifs is 1. The van der Waals surface area contributed by atoms with Crippen LogP contribution < -0.4 is 10.6 Å². The van der Waals surface area contributed by atoms with Crippen LogP contribution in [0.2, 0.25) is 5.02 Å². The SMILES string of the molecule is CN(C)C(=O)[C@H]1CC[C@H](C(=O)Nc2c(C(=O)Nc3ccc(Cl)cn3)oc3cccc(C(=O)N4CCOCC4)c23)CC1. The Kier molecular flexibility index (Phi) is 8.55. The van der Waals surface area contributed by atoms with Crippen LogP contribution in [-0.4, -0.2) is 78.8 Å². The van der Waals surface area contributed by atoms with Gasteiger partial charge in [0.05, 0.1) is 29.2 Å². The molecule has 3 aromatic rings. The third-order valence-corrected chi connectivity index (χ3v) is 7.78. The van der Waals surface area contributed by atoms with Gasteiger partial charge in [-0.15, -0.1) is 0 Å². The number of nitrogens with one attached hydrogen (secondary N) is 2. The molecule has 0 radical (unpaired) electrons. The van der Waals surface area contributed by atoms with Crippen LogP contribution in [0.5, 0.6) is 0 Å². The topological polar surface area (TPSA) is 134 Å². The summed E-state index contributed by atoms with van der Waals surface area (Å²) in [6, 6.07) is 8.11. The van der Waals surface area contributed by atoms with Crippen molar-refractivity contribution in [3.05, 3.63) is 52.9 Å². The number of anilines is 2. The Morgan fingerprint density at radius 1 is 0.976 bits per heavy atom. The summed E-state index contributed by atoms with van der Waals surface area (Å²) in [5.74, 6) is -1.51. The molecule has 12 heteroatoms. The van der Waals surface area contributed by atoms with Gasteiger partial charge in [0, 0.05) is 45.2 Å². The van der Waals surface area contributed by atoms with Gasteiger partial charge in [0.2, 0.25) is 17.6 Å². The van der Waals surface area contributed by atoms with Gasteiger partial charge in [-0.25, -0.2) is 4.98 Å². The molecule has 0 unspecified atom stereocenters. The van der Waals surface area contributed by atoms with Crippen LogP contribution in [0, 0.1) is 11.8 Å². The maximum absolute atomic E-state index is 13.6. The summed E-state index contributed by atoms with van der Waals surface area (Å²) in [4.78, 5) is 60.3. The first-order valence-electron chi connectivity index (χ1n) is 13.6. The molecule has 1 aliphatic heterocycles. The summed E-state index contributed by atoms with van der Waals surface area (Å²) in [5, 5.41) is 6.35. The van der Waals surface area contributed by atoms with Gasteiger partial charge in [0.1, 0.15) is 17.1 Å². The molecule has 0 bridgehead atoms. The minimum absolute atomic E-state index is 0.0609. The van der Waals surface area contributed by atoms with E-state index in [1.165, 1.54) is 6.20 Å². The van der Waals surface area contributed by atoms with Crippen LogP contribution in [-0.2, 0) is 14.3 Å². The van der Waals surface area contributed by atoms with Gasteiger partial charge in [-0.05, 0) is 49.9 Å². The highest BCUT2D eigenvalue weighted by Crippen LogP contribution is 2.37. The lowest BCUT2D eigenvalue weighted by molar-refractivity contribution is -0.135. The lowest BCUT2D eigenvalue weighted by Gasteiger charge is -2.29. The van der Waals surface area contributed by atoms with E-state index in [0.717, 1.165) is 0 Å². The first kappa shape index (κ1) is 28.6. The standard InChI is InChI=1S/C29H32ClN5O6/c1-34(2)28(38)18-8-6-17(7-9-18)26(36)33-24-23-20(29(39)35-12-14-40-15-13-35)4-3-5-21(23)41-25(24)27(37)32-22-11-10-19(30)16-31-22/h3-5,10-11,16-18H,6-9,12-15H2,1-2H3,(H,33,36)(H,31,32,37)/t17-,18-. The van der Waals surface area contributed by atoms with Gasteiger partial charge in [-0.3, -0.25) is 19.2 Å². The quantitative estimate of drug-likeness (QED) is 0.449. The normalized spacial score (nSPS) is 19.0. The van der Waals surface area contributed by atoms with E-state index in [-0.39, 0.29) is 52.4 Å². The number of benzene rings is 1. The number of carbonyl (C=O) groups excluding carboxylic acids is 4. The van der Waals surface area contributed by atoms with Crippen LogP contribution in [0.15, 0.2) is 40.9 Å². The minimum atomic E-state index is -0.642. The summed E-state index contributed by atoms with van der Waals surface area (Å²) in [7, 11) is 3.46. The number of halogens is 1. The average molecular weight is 582 g/mol. The molecule has 2 N–H and O–H groups in total. The second-order valence-electron chi connectivity index (χ2n) is 10.5. The molecular weight excluding hydrogens is 550 g/mol. The minimum Gasteiger partial charge on any atom is -0.449 e. The zero-order valence-electron chi connectivity index (χ0n) is 22.9. The fraction of sp³-hybridized carbons (Fsp3) is 0.414. The molecule has 41 heavy (non-hydrogen) atoms. The van der Waals surface area contributed by atoms with E-state index >= 15 is 0 Å². The largest absolute Gasteiger partial charge is 0.449 e. The molecule has 11 nitrogen and oxygen atoms in total. The average Bonchev–Trinajstić information content (AvgIpc) is 3.36. The molecule has 1 aliphatic carbocycles. The lowest BCUT2D eigenvalue weighted by atomic mass is 9.81. The molecule has 2 aliphatic rings. The molecule has 216 valence electrons. The van der Waals surface area contributed by atoms with Gasteiger partial charge in [0.15, 0.2) is 0 Å². The van der Waals surface area contributed by atoms with Crippen molar-refractivity contribution in [3.8, 4) is 0 Å². The van der Waals surface area contributed by atoms with Crippen LogP contribution in [0.3, 0.4) is 0 Å². The first-order valence-corrected chi connectivity index (χ1v) is 14.0. The Morgan fingerprint density at radius 2 is 1.68 bits per heavy atom. The van der Waals surface area contributed by atoms with Crippen molar-refractivity contribution in [2.45, 2.75) is 25.7 Å². The summed E-state index contributed by atoms with van der Waals surface area (Å²) < 4.78 is 11.4. The maximum atomic E-state index is 13.6. The van der Waals surface area contributed by atoms with Crippen molar-refractivity contribution in [1.29, 1.82) is 0 Å². The van der Waals surface area contributed by atoms with E-state index in [2.05, 4.69) is 15.6 Å². The number of pyridine rings is 1. The predicted molar refractivity (Wildman–Crippen MR) is 153 cm³/mol. The van der Waals surface area contributed by atoms with Crippen LogP contribution >= 0.6 is 11.6 Å². The molecule has 4 amide bonds. The molecule has 1 aromatic carbocycles. The second-order valence-corrected chi connectivity index (χ2v) is 10.9. The summed E-state index contributed by atoms with van der Waals surface area (Å²) >= 11 is 5.92. The van der Waals surface area contributed by atoms with Crippen molar-refractivity contribution in [2.75, 3.05) is 51.0 Å². The van der Waals surface area contributed by atoms with E-state index in [1.54, 1.807) is 54.2 Å². The number of furan rings is 1. The molecule has 5 rings (SSSR count). The highest BCUT2D eigenvalue weighted by Gasteiger charge is 2.33. The zero-order chi connectivity index (χ0) is 29.1. The third-order valence-electron chi connectivity index (χ3n) is 7.56. The molecule has 1 saturated carbocycles. The number of carbonyl (C=O) groups is 4. The number of ether oxygens (including phenoxy) is 1. The van der Waals surface area contributed by atoms with Crippen molar-refractivity contribution in [2.24, 2.45) is 11.8 Å². The number of aromatic nitrogens is 1. The molecule has 3 heterocycles. The lowest BCUT2D eigenvalue weighted by Crippen LogP contribution is -2.40. The van der Waals surface area contributed by atoms with Gasteiger partial charge >= 0.3 is 0 Å². The Hall–Kier alpha value is -3.96. The zero-order valence-corrected chi connectivity index (χ0v) is 23.7. The monoisotopic (exact) mass is 581 g/mol. The van der Waals surface area contributed by atoms with Gasteiger partial charge in [0.25, 0.3) is 11.8 Å². The number of hydrogen-bond donors (Lipinski definition) is 2. The summed E-state index contributed by atoms with van der Waals surface area (Å²) in [6.07, 6.45) is 3.65.